The van der Waals surface area contributed by atoms with Crippen LogP contribution in [0.15, 0.2) is 46.9 Å². The Labute approximate surface area is 134 Å². The van der Waals surface area contributed by atoms with Gasteiger partial charge in [0.1, 0.15) is 0 Å². The smallest absolute Gasteiger partial charge is 0.231 e. The quantitative estimate of drug-likeness (QED) is 0.720. The molecule has 0 spiro atoms. The van der Waals surface area contributed by atoms with Crippen LogP contribution in [0.2, 0.25) is 0 Å². The standard InChI is InChI=1S/C15H11BrN4O2/c16-12-4-2-1-3-11(12)15-17-19-20(18-15)8-10-5-6-13-14(7-10)22-9-21-13/h1-7H,8-9H2. The summed E-state index contributed by atoms with van der Waals surface area (Å²) in [4.78, 5) is 1.56. The van der Waals surface area contributed by atoms with Crippen molar-refractivity contribution >= 4 is 15.9 Å². The van der Waals surface area contributed by atoms with E-state index in [1.165, 1.54) is 0 Å². The first-order valence-corrected chi connectivity index (χ1v) is 7.50. The van der Waals surface area contributed by atoms with Gasteiger partial charge in [0.05, 0.1) is 6.54 Å². The van der Waals surface area contributed by atoms with E-state index in [1.807, 2.05) is 42.5 Å². The van der Waals surface area contributed by atoms with Crippen LogP contribution >= 0.6 is 15.9 Å². The molecule has 0 amide bonds. The minimum atomic E-state index is 0.270. The molecule has 0 saturated carbocycles. The van der Waals surface area contributed by atoms with Crippen molar-refractivity contribution in [3.63, 3.8) is 0 Å². The van der Waals surface area contributed by atoms with Crippen LogP contribution in [0, 0.1) is 0 Å². The number of ether oxygens (including phenoxy) is 2. The van der Waals surface area contributed by atoms with Crippen molar-refractivity contribution in [1.82, 2.24) is 20.2 Å². The molecule has 1 aliphatic heterocycles. The van der Waals surface area contributed by atoms with Crippen LogP contribution in [0.4, 0.5) is 0 Å². The molecule has 22 heavy (non-hydrogen) atoms. The lowest BCUT2D eigenvalue weighted by Crippen LogP contribution is -2.04. The zero-order valence-electron chi connectivity index (χ0n) is 11.4. The van der Waals surface area contributed by atoms with Gasteiger partial charge in [-0.15, -0.1) is 10.2 Å². The number of hydrogen-bond acceptors (Lipinski definition) is 5. The minimum Gasteiger partial charge on any atom is -0.454 e. The van der Waals surface area contributed by atoms with Crippen molar-refractivity contribution < 1.29 is 9.47 Å². The van der Waals surface area contributed by atoms with E-state index in [2.05, 4.69) is 31.3 Å². The molecule has 1 aromatic heterocycles. The van der Waals surface area contributed by atoms with Crippen LogP contribution in [0.1, 0.15) is 5.56 Å². The van der Waals surface area contributed by atoms with Gasteiger partial charge in [0.25, 0.3) is 0 Å². The molecule has 6 nitrogen and oxygen atoms in total. The van der Waals surface area contributed by atoms with E-state index in [-0.39, 0.29) is 6.79 Å². The average Bonchev–Trinajstić information content (AvgIpc) is 3.16. The van der Waals surface area contributed by atoms with Gasteiger partial charge in [-0.2, -0.15) is 4.80 Å². The molecule has 7 heteroatoms. The van der Waals surface area contributed by atoms with E-state index in [1.54, 1.807) is 4.80 Å². The molecule has 110 valence electrons. The van der Waals surface area contributed by atoms with Gasteiger partial charge in [0, 0.05) is 10.0 Å². The van der Waals surface area contributed by atoms with Gasteiger partial charge in [0.2, 0.25) is 12.6 Å². The van der Waals surface area contributed by atoms with Gasteiger partial charge in [-0.3, -0.25) is 0 Å². The first-order valence-electron chi connectivity index (χ1n) is 6.71. The summed E-state index contributed by atoms with van der Waals surface area (Å²) in [5.41, 5.74) is 1.94. The molecule has 0 atom stereocenters. The lowest BCUT2D eigenvalue weighted by atomic mass is 10.2. The Kier molecular flexibility index (Phi) is 3.27. The second-order valence-electron chi connectivity index (χ2n) is 4.81. The van der Waals surface area contributed by atoms with Gasteiger partial charge in [0.15, 0.2) is 11.5 Å². The summed E-state index contributed by atoms with van der Waals surface area (Å²) in [6.45, 7) is 0.792. The summed E-state index contributed by atoms with van der Waals surface area (Å²) < 4.78 is 11.6. The van der Waals surface area contributed by atoms with Crippen LogP contribution in [0.3, 0.4) is 0 Å². The Bertz CT molecular complexity index is 834. The normalized spacial score (nSPS) is 12.6. The van der Waals surface area contributed by atoms with Crippen LogP contribution < -0.4 is 9.47 Å². The number of aromatic nitrogens is 4. The van der Waals surface area contributed by atoms with Crippen molar-refractivity contribution in [2.45, 2.75) is 6.54 Å². The van der Waals surface area contributed by atoms with Crippen molar-refractivity contribution in [2.24, 2.45) is 0 Å². The lowest BCUT2D eigenvalue weighted by molar-refractivity contribution is 0.174. The molecule has 0 radical (unpaired) electrons. The van der Waals surface area contributed by atoms with Crippen molar-refractivity contribution in [3.05, 3.63) is 52.5 Å². The zero-order chi connectivity index (χ0) is 14.9. The molecule has 2 heterocycles. The second kappa shape index (κ2) is 5.42. The monoisotopic (exact) mass is 358 g/mol. The Hall–Kier alpha value is -2.41. The SMILES string of the molecule is Brc1ccccc1-c1nnn(Cc2ccc3c(c2)OCO3)n1. The number of benzene rings is 2. The summed E-state index contributed by atoms with van der Waals surface area (Å²) in [6, 6.07) is 13.6. The first-order chi connectivity index (χ1) is 10.8. The van der Waals surface area contributed by atoms with E-state index in [0.717, 1.165) is 27.1 Å². The van der Waals surface area contributed by atoms with Crippen LogP contribution in [0.25, 0.3) is 11.4 Å². The molecule has 0 aliphatic carbocycles. The maximum atomic E-state index is 5.37. The Balaban J connectivity index is 1.59. The summed E-state index contributed by atoms with van der Waals surface area (Å²) in [5, 5.41) is 12.6. The molecular weight excluding hydrogens is 348 g/mol. The second-order valence-corrected chi connectivity index (χ2v) is 5.67. The van der Waals surface area contributed by atoms with Crippen LogP contribution in [-0.2, 0) is 6.54 Å². The van der Waals surface area contributed by atoms with E-state index >= 15 is 0 Å². The van der Waals surface area contributed by atoms with Gasteiger partial charge in [-0.1, -0.05) is 34.1 Å². The highest BCUT2D eigenvalue weighted by molar-refractivity contribution is 9.10. The number of hydrogen-bond donors (Lipinski definition) is 0. The fourth-order valence-corrected chi connectivity index (χ4v) is 2.73. The third-order valence-electron chi connectivity index (χ3n) is 3.33. The lowest BCUT2D eigenvalue weighted by Gasteiger charge is -2.01. The summed E-state index contributed by atoms with van der Waals surface area (Å²) in [5.74, 6) is 2.11. The van der Waals surface area contributed by atoms with Crippen molar-refractivity contribution in [2.75, 3.05) is 6.79 Å². The van der Waals surface area contributed by atoms with Crippen molar-refractivity contribution in [1.29, 1.82) is 0 Å². The molecule has 3 aromatic rings. The van der Waals surface area contributed by atoms with E-state index in [9.17, 15) is 0 Å². The van der Waals surface area contributed by atoms with Crippen LogP contribution in [0.5, 0.6) is 11.5 Å². The molecule has 0 fully saturated rings. The predicted octanol–water partition coefficient (Wildman–Crippen LogP) is 2.88. The summed E-state index contributed by atoms with van der Waals surface area (Å²) in [7, 11) is 0. The van der Waals surface area contributed by atoms with E-state index in [0.29, 0.717) is 12.4 Å². The highest BCUT2D eigenvalue weighted by Gasteiger charge is 2.14. The fourth-order valence-electron chi connectivity index (χ4n) is 2.26. The molecule has 4 rings (SSSR count). The first kappa shape index (κ1) is 13.3. The highest BCUT2D eigenvalue weighted by Crippen LogP contribution is 2.32. The maximum absolute atomic E-state index is 5.37. The fraction of sp³-hybridized carbons (Fsp3) is 0.133. The molecule has 0 bridgehead atoms. The number of tetrazole rings is 1. The molecule has 0 saturated heterocycles. The topological polar surface area (TPSA) is 62.1 Å². The molecule has 0 N–H and O–H groups in total. The number of halogens is 1. The molecular formula is C15H11BrN4O2. The van der Waals surface area contributed by atoms with Gasteiger partial charge < -0.3 is 9.47 Å². The van der Waals surface area contributed by atoms with E-state index < -0.39 is 0 Å². The predicted molar refractivity (Wildman–Crippen MR) is 82.6 cm³/mol. The Morgan fingerprint density at radius 3 is 2.86 bits per heavy atom. The maximum Gasteiger partial charge on any atom is 0.231 e. The largest absolute Gasteiger partial charge is 0.454 e. The minimum absolute atomic E-state index is 0.270. The third kappa shape index (κ3) is 2.43. The Morgan fingerprint density at radius 1 is 1.09 bits per heavy atom. The zero-order valence-corrected chi connectivity index (χ0v) is 13.0. The number of rotatable bonds is 3. The number of nitrogens with zero attached hydrogens (tertiary/aromatic N) is 4. The van der Waals surface area contributed by atoms with Gasteiger partial charge >= 0.3 is 0 Å². The van der Waals surface area contributed by atoms with Crippen molar-refractivity contribution in [3.8, 4) is 22.9 Å². The average molecular weight is 359 g/mol. The van der Waals surface area contributed by atoms with Crippen LogP contribution in [-0.4, -0.2) is 27.0 Å². The number of fused-ring (bicyclic) bond motifs is 1. The van der Waals surface area contributed by atoms with Gasteiger partial charge in [-0.05, 0) is 35.0 Å². The van der Waals surface area contributed by atoms with E-state index in [4.69, 9.17) is 9.47 Å². The molecule has 0 unspecified atom stereocenters. The third-order valence-corrected chi connectivity index (χ3v) is 4.02. The summed E-state index contributed by atoms with van der Waals surface area (Å²) >= 11 is 3.50. The summed E-state index contributed by atoms with van der Waals surface area (Å²) in [6.07, 6.45) is 0. The highest BCUT2D eigenvalue weighted by atomic mass is 79.9. The Morgan fingerprint density at radius 2 is 1.95 bits per heavy atom. The molecule has 2 aromatic carbocycles. The molecule has 1 aliphatic rings. The van der Waals surface area contributed by atoms with Gasteiger partial charge in [-0.25, -0.2) is 0 Å².